The largest absolute Gasteiger partial charge is 0.493 e. The van der Waals surface area contributed by atoms with Crippen LogP contribution < -0.4 is 4.74 Å². The number of carbonyl (C=O) groups is 1. The Hall–Kier alpha value is -2.55. The molecular weight excluding hydrogens is 264 g/mol. The normalized spacial score (nSPS) is 17.2. The van der Waals surface area contributed by atoms with Gasteiger partial charge in [-0.2, -0.15) is 0 Å². The van der Waals surface area contributed by atoms with Crippen LogP contribution in [0.25, 0.3) is 11.0 Å². The van der Waals surface area contributed by atoms with Gasteiger partial charge in [-0.3, -0.25) is 4.79 Å². The molecule has 0 spiro atoms. The van der Waals surface area contributed by atoms with E-state index in [1.165, 1.54) is 0 Å². The summed E-state index contributed by atoms with van der Waals surface area (Å²) in [6.07, 6.45) is 0.700. The van der Waals surface area contributed by atoms with Crippen LogP contribution in [0.5, 0.6) is 5.75 Å². The van der Waals surface area contributed by atoms with E-state index in [0.717, 1.165) is 22.3 Å². The van der Waals surface area contributed by atoms with Crippen LogP contribution in [0.15, 0.2) is 59.0 Å². The Morgan fingerprint density at radius 3 is 2.76 bits per heavy atom. The van der Waals surface area contributed by atoms with Crippen molar-refractivity contribution in [2.24, 2.45) is 5.92 Å². The maximum atomic E-state index is 12.6. The average molecular weight is 278 g/mol. The van der Waals surface area contributed by atoms with Crippen molar-refractivity contribution in [1.82, 2.24) is 0 Å². The van der Waals surface area contributed by atoms with Crippen LogP contribution in [0, 0.1) is 5.92 Å². The number of Topliss-reactive ketones (excluding diaryl/α,β-unsaturated/α-hetero) is 1. The number of benzene rings is 2. The van der Waals surface area contributed by atoms with Crippen LogP contribution in [0.3, 0.4) is 0 Å². The third-order valence-corrected chi connectivity index (χ3v) is 3.92. The van der Waals surface area contributed by atoms with Crippen molar-refractivity contribution in [3.8, 4) is 5.75 Å². The highest BCUT2D eigenvalue weighted by Crippen LogP contribution is 2.29. The van der Waals surface area contributed by atoms with E-state index in [2.05, 4.69) is 0 Å². The molecule has 0 radical (unpaired) electrons. The van der Waals surface area contributed by atoms with Crippen molar-refractivity contribution < 1.29 is 13.9 Å². The van der Waals surface area contributed by atoms with Gasteiger partial charge in [0.05, 0.1) is 12.5 Å². The molecular formula is C18H14O3. The fourth-order valence-electron chi connectivity index (χ4n) is 2.80. The van der Waals surface area contributed by atoms with Gasteiger partial charge in [-0.15, -0.1) is 0 Å². The SMILES string of the molecule is O=C(c1cc2ccccc2o1)C1COc2ccccc2C1. The van der Waals surface area contributed by atoms with Crippen molar-refractivity contribution in [3.05, 3.63) is 65.9 Å². The molecule has 0 fully saturated rings. The Bertz CT molecular complexity index is 783. The lowest BCUT2D eigenvalue weighted by Gasteiger charge is -2.23. The number of para-hydroxylation sites is 2. The van der Waals surface area contributed by atoms with Gasteiger partial charge in [0, 0.05) is 5.39 Å². The summed E-state index contributed by atoms with van der Waals surface area (Å²) in [6.45, 7) is 0.410. The fraction of sp³-hybridized carbons (Fsp3) is 0.167. The minimum absolute atomic E-state index is 0.0145. The maximum Gasteiger partial charge on any atom is 0.204 e. The van der Waals surface area contributed by atoms with Gasteiger partial charge in [0.1, 0.15) is 11.3 Å². The summed E-state index contributed by atoms with van der Waals surface area (Å²) in [6, 6.07) is 17.3. The molecule has 1 atom stereocenters. The molecule has 104 valence electrons. The fourth-order valence-corrected chi connectivity index (χ4v) is 2.80. The van der Waals surface area contributed by atoms with Gasteiger partial charge in [0.15, 0.2) is 5.76 Å². The Balaban J connectivity index is 1.63. The van der Waals surface area contributed by atoms with E-state index < -0.39 is 0 Å². The predicted octanol–water partition coefficient (Wildman–Crippen LogP) is 3.87. The van der Waals surface area contributed by atoms with Crippen LogP contribution in [-0.2, 0) is 6.42 Å². The van der Waals surface area contributed by atoms with Gasteiger partial charge >= 0.3 is 0 Å². The molecule has 4 rings (SSSR count). The Kier molecular flexibility index (Phi) is 2.78. The summed E-state index contributed by atoms with van der Waals surface area (Å²) in [7, 11) is 0. The molecule has 3 aromatic rings. The minimum atomic E-state index is -0.180. The maximum absolute atomic E-state index is 12.6. The minimum Gasteiger partial charge on any atom is -0.493 e. The third kappa shape index (κ3) is 2.11. The first-order valence-corrected chi connectivity index (χ1v) is 7.05. The molecule has 3 heteroatoms. The molecule has 2 heterocycles. The highest BCUT2D eigenvalue weighted by Gasteiger charge is 2.28. The average Bonchev–Trinajstić information content (AvgIpc) is 2.97. The second-order valence-corrected chi connectivity index (χ2v) is 5.33. The lowest BCUT2D eigenvalue weighted by Crippen LogP contribution is -2.28. The van der Waals surface area contributed by atoms with E-state index in [0.29, 0.717) is 18.8 Å². The molecule has 2 aromatic carbocycles. The van der Waals surface area contributed by atoms with Gasteiger partial charge in [-0.05, 0) is 30.2 Å². The van der Waals surface area contributed by atoms with E-state index in [9.17, 15) is 4.79 Å². The molecule has 1 aromatic heterocycles. The lowest BCUT2D eigenvalue weighted by molar-refractivity contribution is 0.0828. The van der Waals surface area contributed by atoms with Crippen molar-refractivity contribution in [3.63, 3.8) is 0 Å². The number of ketones is 1. The first-order chi connectivity index (χ1) is 10.3. The number of carbonyl (C=O) groups excluding carboxylic acids is 1. The summed E-state index contributed by atoms with van der Waals surface area (Å²) in [5, 5.41) is 0.956. The van der Waals surface area contributed by atoms with E-state index in [-0.39, 0.29) is 11.7 Å². The zero-order valence-electron chi connectivity index (χ0n) is 11.4. The smallest absolute Gasteiger partial charge is 0.204 e. The number of hydrogen-bond acceptors (Lipinski definition) is 3. The molecule has 1 unspecified atom stereocenters. The summed E-state index contributed by atoms with van der Waals surface area (Å²) >= 11 is 0. The molecule has 0 saturated carbocycles. The van der Waals surface area contributed by atoms with Crippen LogP contribution >= 0.6 is 0 Å². The highest BCUT2D eigenvalue weighted by atomic mass is 16.5. The molecule has 21 heavy (non-hydrogen) atoms. The number of furan rings is 1. The van der Waals surface area contributed by atoms with Gasteiger partial charge in [0.2, 0.25) is 5.78 Å². The molecule has 0 aliphatic carbocycles. The summed E-state index contributed by atoms with van der Waals surface area (Å²) in [5.74, 6) is 1.14. The topological polar surface area (TPSA) is 39.4 Å². The molecule has 0 amide bonds. The van der Waals surface area contributed by atoms with Crippen LogP contribution in [-0.4, -0.2) is 12.4 Å². The summed E-state index contributed by atoms with van der Waals surface area (Å²) in [4.78, 5) is 12.6. The molecule has 1 aliphatic heterocycles. The highest BCUT2D eigenvalue weighted by molar-refractivity contribution is 5.99. The van der Waals surface area contributed by atoms with Crippen LogP contribution in [0.1, 0.15) is 16.1 Å². The van der Waals surface area contributed by atoms with Crippen molar-refractivity contribution in [2.75, 3.05) is 6.61 Å². The number of rotatable bonds is 2. The third-order valence-electron chi connectivity index (χ3n) is 3.92. The van der Waals surface area contributed by atoms with Crippen molar-refractivity contribution in [2.45, 2.75) is 6.42 Å². The zero-order chi connectivity index (χ0) is 14.2. The number of hydrogen-bond donors (Lipinski definition) is 0. The lowest BCUT2D eigenvalue weighted by atomic mass is 9.92. The zero-order valence-corrected chi connectivity index (χ0v) is 11.4. The van der Waals surface area contributed by atoms with Crippen LogP contribution in [0.4, 0.5) is 0 Å². The Morgan fingerprint density at radius 1 is 1.05 bits per heavy atom. The van der Waals surface area contributed by atoms with Gasteiger partial charge < -0.3 is 9.15 Å². The Morgan fingerprint density at radius 2 is 1.86 bits per heavy atom. The number of fused-ring (bicyclic) bond motifs is 2. The summed E-state index contributed by atoms with van der Waals surface area (Å²) in [5.41, 5.74) is 1.83. The molecule has 3 nitrogen and oxygen atoms in total. The summed E-state index contributed by atoms with van der Waals surface area (Å²) < 4.78 is 11.4. The van der Waals surface area contributed by atoms with Gasteiger partial charge in [-0.25, -0.2) is 0 Å². The van der Waals surface area contributed by atoms with Crippen molar-refractivity contribution >= 4 is 16.8 Å². The quantitative estimate of drug-likeness (QED) is 0.668. The molecule has 1 aliphatic rings. The predicted molar refractivity (Wildman–Crippen MR) is 79.7 cm³/mol. The monoisotopic (exact) mass is 278 g/mol. The standard InChI is InChI=1S/C18H14O3/c19-18(17-10-13-6-2-4-8-16(13)21-17)14-9-12-5-1-3-7-15(12)20-11-14/h1-8,10,14H,9,11H2. The molecule has 0 bridgehead atoms. The van der Waals surface area contributed by atoms with Gasteiger partial charge in [0.25, 0.3) is 0 Å². The number of ether oxygens (including phenoxy) is 1. The Labute approximate surface area is 122 Å². The van der Waals surface area contributed by atoms with E-state index in [1.54, 1.807) is 0 Å². The first-order valence-electron chi connectivity index (χ1n) is 7.05. The first kappa shape index (κ1) is 12.2. The van der Waals surface area contributed by atoms with Crippen LogP contribution in [0.2, 0.25) is 0 Å². The van der Waals surface area contributed by atoms with E-state index in [4.69, 9.17) is 9.15 Å². The van der Waals surface area contributed by atoms with E-state index in [1.807, 2.05) is 54.6 Å². The molecule has 0 N–H and O–H groups in total. The van der Waals surface area contributed by atoms with Crippen molar-refractivity contribution in [1.29, 1.82) is 0 Å². The second kappa shape index (κ2) is 4.77. The van der Waals surface area contributed by atoms with E-state index >= 15 is 0 Å². The van der Waals surface area contributed by atoms with Gasteiger partial charge in [-0.1, -0.05) is 36.4 Å². The molecule has 0 saturated heterocycles. The second-order valence-electron chi connectivity index (χ2n) is 5.33.